The lowest BCUT2D eigenvalue weighted by molar-refractivity contribution is 0.0515. The van der Waals surface area contributed by atoms with Crippen molar-refractivity contribution in [3.63, 3.8) is 0 Å². The fourth-order valence-corrected chi connectivity index (χ4v) is 3.07. The summed E-state index contributed by atoms with van der Waals surface area (Å²) in [6.45, 7) is 3.24. The van der Waals surface area contributed by atoms with E-state index in [0.29, 0.717) is 36.2 Å². The van der Waals surface area contributed by atoms with Crippen LogP contribution in [0.1, 0.15) is 35.7 Å². The average Bonchev–Trinajstić information content (AvgIpc) is 2.73. The Hall–Kier alpha value is -2.83. The zero-order valence-electron chi connectivity index (χ0n) is 16.0. The topological polar surface area (TPSA) is 73.8 Å². The SMILES string of the molecule is CCc1cnc(OC2CCCN(C(=O)c3cc(OC)cc(OC)c3)C2)nc1. The highest BCUT2D eigenvalue weighted by Crippen LogP contribution is 2.25. The Labute approximate surface area is 159 Å². The van der Waals surface area contributed by atoms with Crippen molar-refractivity contribution in [2.24, 2.45) is 0 Å². The normalized spacial score (nSPS) is 16.7. The van der Waals surface area contributed by atoms with E-state index < -0.39 is 0 Å². The van der Waals surface area contributed by atoms with E-state index >= 15 is 0 Å². The fourth-order valence-electron chi connectivity index (χ4n) is 3.07. The number of carbonyl (C=O) groups is 1. The van der Waals surface area contributed by atoms with E-state index in [1.807, 2.05) is 0 Å². The maximum atomic E-state index is 12.9. The van der Waals surface area contributed by atoms with Crippen LogP contribution < -0.4 is 14.2 Å². The van der Waals surface area contributed by atoms with E-state index in [-0.39, 0.29) is 12.0 Å². The Bertz CT molecular complexity index is 757. The highest BCUT2D eigenvalue weighted by molar-refractivity contribution is 5.95. The Kier molecular flexibility index (Phi) is 6.11. The van der Waals surface area contributed by atoms with Crippen LogP contribution in [0.4, 0.5) is 0 Å². The summed E-state index contributed by atoms with van der Waals surface area (Å²) in [5.41, 5.74) is 1.60. The Morgan fingerprint density at radius 1 is 1.15 bits per heavy atom. The van der Waals surface area contributed by atoms with Crippen LogP contribution in [0.2, 0.25) is 0 Å². The molecule has 3 rings (SSSR count). The predicted molar refractivity (Wildman–Crippen MR) is 101 cm³/mol. The molecule has 7 nitrogen and oxygen atoms in total. The highest BCUT2D eigenvalue weighted by atomic mass is 16.5. The Morgan fingerprint density at radius 2 is 1.81 bits per heavy atom. The number of ether oxygens (including phenoxy) is 3. The van der Waals surface area contributed by atoms with Gasteiger partial charge < -0.3 is 19.1 Å². The monoisotopic (exact) mass is 371 g/mol. The van der Waals surface area contributed by atoms with E-state index in [1.165, 1.54) is 0 Å². The summed E-state index contributed by atoms with van der Waals surface area (Å²) in [4.78, 5) is 23.2. The second kappa shape index (κ2) is 8.70. The summed E-state index contributed by atoms with van der Waals surface area (Å²) < 4.78 is 16.4. The molecule has 2 aromatic rings. The first-order valence-electron chi connectivity index (χ1n) is 9.12. The molecule has 0 saturated carbocycles. The second-order valence-corrected chi connectivity index (χ2v) is 6.46. The number of piperidine rings is 1. The molecule has 1 aliphatic heterocycles. The van der Waals surface area contributed by atoms with Gasteiger partial charge >= 0.3 is 6.01 Å². The number of likely N-dealkylation sites (tertiary alicyclic amines) is 1. The van der Waals surface area contributed by atoms with Gasteiger partial charge in [0.05, 0.1) is 20.8 Å². The fraction of sp³-hybridized carbons (Fsp3) is 0.450. The number of rotatable bonds is 6. The standard InChI is InChI=1S/C20H25N3O4/c1-4-14-11-21-20(22-12-14)27-16-6-5-7-23(13-16)19(24)15-8-17(25-2)10-18(9-15)26-3/h8-12,16H,4-7,13H2,1-3H3. The molecule has 1 saturated heterocycles. The van der Waals surface area contributed by atoms with Crippen LogP contribution in [0, 0.1) is 0 Å². The lowest BCUT2D eigenvalue weighted by atomic mass is 10.1. The molecule has 0 spiro atoms. The first-order chi connectivity index (χ1) is 13.1. The maximum absolute atomic E-state index is 12.9. The summed E-state index contributed by atoms with van der Waals surface area (Å²) in [6.07, 6.45) is 6.04. The van der Waals surface area contributed by atoms with E-state index in [1.54, 1.807) is 49.7 Å². The van der Waals surface area contributed by atoms with Crippen molar-refractivity contribution >= 4 is 5.91 Å². The molecule has 1 aromatic carbocycles. The van der Waals surface area contributed by atoms with Gasteiger partial charge in [-0.05, 0) is 37.0 Å². The zero-order chi connectivity index (χ0) is 19.2. The van der Waals surface area contributed by atoms with Gasteiger partial charge in [-0.1, -0.05) is 6.92 Å². The van der Waals surface area contributed by atoms with E-state index in [0.717, 1.165) is 24.8 Å². The molecule has 7 heteroatoms. The number of hydrogen-bond donors (Lipinski definition) is 0. The van der Waals surface area contributed by atoms with Gasteiger partial charge in [0.1, 0.15) is 17.6 Å². The maximum Gasteiger partial charge on any atom is 0.316 e. The number of aryl methyl sites for hydroxylation is 1. The van der Waals surface area contributed by atoms with Gasteiger partial charge in [0, 0.05) is 30.6 Å². The quantitative estimate of drug-likeness (QED) is 0.777. The molecule has 1 fully saturated rings. The lowest BCUT2D eigenvalue weighted by Crippen LogP contribution is -2.44. The smallest absolute Gasteiger partial charge is 0.316 e. The number of amides is 1. The summed E-state index contributed by atoms with van der Waals surface area (Å²) in [7, 11) is 3.13. The number of methoxy groups -OCH3 is 2. The molecule has 1 aromatic heterocycles. The minimum absolute atomic E-state index is 0.0669. The summed E-state index contributed by atoms with van der Waals surface area (Å²) >= 11 is 0. The van der Waals surface area contributed by atoms with Gasteiger partial charge in [-0.3, -0.25) is 4.79 Å². The third-order valence-corrected chi connectivity index (χ3v) is 4.63. The van der Waals surface area contributed by atoms with Gasteiger partial charge in [0.15, 0.2) is 0 Å². The highest BCUT2D eigenvalue weighted by Gasteiger charge is 2.27. The third kappa shape index (κ3) is 4.67. The van der Waals surface area contributed by atoms with Gasteiger partial charge in [0.25, 0.3) is 5.91 Å². The molecule has 0 N–H and O–H groups in total. The van der Waals surface area contributed by atoms with Crippen molar-refractivity contribution < 1.29 is 19.0 Å². The van der Waals surface area contributed by atoms with Gasteiger partial charge in [-0.25, -0.2) is 9.97 Å². The summed E-state index contributed by atoms with van der Waals surface area (Å²) in [6, 6.07) is 5.55. The molecule has 2 heterocycles. The molecular weight excluding hydrogens is 346 g/mol. The van der Waals surface area contributed by atoms with Crippen LogP contribution >= 0.6 is 0 Å². The molecular formula is C20H25N3O4. The van der Waals surface area contributed by atoms with Gasteiger partial charge in [-0.2, -0.15) is 0 Å². The summed E-state index contributed by atoms with van der Waals surface area (Å²) in [5.74, 6) is 1.11. The minimum atomic E-state index is -0.123. The lowest BCUT2D eigenvalue weighted by Gasteiger charge is -2.32. The van der Waals surface area contributed by atoms with Crippen molar-refractivity contribution in [2.75, 3.05) is 27.3 Å². The number of aromatic nitrogens is 2. The molecule has 1 amide bonds. The molecule has 1 atom stereocenters. The second-order valence-electron chi connectivity index (χ2n) is 6.46. The number of carbonyl (C=O) groups excluding carboxylic acids is 1. The molecule has 1 aliphatic rings. The van der Waals surface area contributed by atoms with E-state index in [9.17, 15) is 4.79 Å². The van der Waals surface area contributed by atoms with Crippen molar-refractivity contribution in [2.45, 2.75) is 32.3 Å². The van der Waals surface area contributed by atoms with Crippen LogP contribution in [0.3, 0.4) is 0 Å². The van der Waals surface area contributed by atoms with E-state index in [4.69, 9.17) is 14.2 Å². The number of hydrogen-bond acceptors (Lipinski definition) is 6. The summed E-state index contributed by atoms with van der Waals surface area (Å²) in [5, 5.41) is 0. The van der Waals surface area contributed by atoms with Gasteiger partial charge in [-0.15, -0.1) is 0 Å². The van der Waals surface area contributed by atoms with E-state index in [2.05, 4.69) is 16.9 Å². The van der Waals surface area contributed by atoms with Gasteiger partial charge in [0.2, 0.25) is 0 Å². The first-order valence-corrected chi connectivity index (χ1v) is 9.12. The zero-order valence-corrected chi connectivity index (χ0v) is 16.0. The molecule has 0 bridgehead atoms. The van der Waals surface area contributed by atoms with Crippen molar-refractivity contribution in [3.05, 3.63) is 41.7 Å². The first kappa shape index (κ1) is 18.9. The molecule has 144 valence electrons. The van der Waals surface area contributed by atoms with Crippen LogP contribution in [0.15, 0.2) is 30.6 Å². The molecule has 27 heavy (non-hydrogen) atoms. The van der Waals surface area contributed by atoms with Crippen molar-refractivity contribution in [3.8, 4) is 17.5 Å². The minimum Gasteiger partial charge on any atom is -0.497 e. The molecule has 0 radical (unpaired) electrons. The Morgan fingerprint density at radius 3 is 2.41 bits per heavy atom. The Balaban J connectivity index is 1.68. The largest absolute Gasteiger partial charge is 0.497 e. The third-order valence-electron chi connectivity index (χ3n) is 4.63. The van der Waals surface area contributed by atoms with Crippen LogP contribution in [-0.2, 0) is 6.42 Å². The average molecular weight is 371 g/mol. The van der Waals surface area contributed by atoms with Crippen LogP contribution in [-0.4, -0.2) is 54.2 Å². The number of benzene rings is 1. The van der Waals surface area contributed by atoms with Crippen molar-refractivity contribution in [1.29, 1.82) is 0 Å². The molecule has 0 aliphatic carbocycles. The van der Waals surface area contributed by atoms with Crippen LogP contribution in [0.25, 0.3) is 0 Å². The molecule has 1 unspecified atom stereocenters. The van der Waals surface area contributed by atoms with Crippen LogP contribution in [0.5, 0.6) is 17.5 Å². The van der Waals surface area contributed by atoms with Crippen molar-refractivity contribution in [1.82, 2.24) is 14.9 Å². The number of nitrogens with zero attached hydrogens (tertiary/aromatic N) is 3. The predicted octanol–water partition coefficient (Wildman–Crippen LogP) is 2.74.